The van der Waals surface area contributed by atoms with Gasteiger partial charge < -0.3 is 15.4 Å². The molecule has 2 aromatic rings. The van der Waals surface area contributed by atoms with E-state index in [1.165, 1.54) is 36.0 Å². The average Bonchev–Trinajstić information content (AvgIpc) is 2.71. The van der Waals surface area contributed by atoms with Crippen molar-refractivity contribution in [2.45, 2.75) is 78.0 Å². The Hall–Kier alpha value is -2.49. The van der Waals surface area contributed by atoms with Gasteiger partial charge in [-0.3, -0.25) is 0 Å². The van der Waals surface area contributed by atoms with Gasteiger partial charge in [0.1, 0.15) is 5.75 Å². The predicted molar refractivity (Wildman–Crippen MR) is 118 cm³/mol. The number of ether oxygens (including phenoxy) is 1. The van der Waals surface area contributed by atoms with Crippen LogP contribution < -0.4 is 15.4 Å². The van der Waals surface area contributed by atoms with Gasteiger partial charge in [0.15, 0.2) is 6.23 Å². The lowest BCUT2D eigenvalue weighted by Crippen LogP contribution is -2.44. The first kappa shape index (κ1) is 21.2. The second kappa shape index (κ2) is 9.82. The van der Waals surface area contributed by atoms with Crippen molar-refractivity contribution in [2.75, 3.05) is 0 Å². The summed E-state index contributed by atoms with van der Waals surface area (Å²) in [6.45, 7) is 8.23. The highest BCUT2D eigenvalue weighted by molar-refractivity contribution is 5.74. The van der Waals surface area contributed by atoms with E-state index in [0.717, 1.165) is 24.2 Å². The number of para-hydroxylation sites is 1. The van der Waals surface area contributed by atoms with E-state index in [-0.39, 0.29) is 12.1 Å². The highest BCUT2D eigenvalue weighted by Gasteiger charge is 2.18. The molecule has 0 bridgehead atoms. The zero-order chi connectivity index (χ0) is 20.8. The van der Waals surface area contributed by atoms with Crippen LogP contribution >= 0.6 is 0 Å². The van der Waals surface area contributed by atoms with Gasteiger partial charge in [0.05, 0.1) is 6.04 Å². The molecular formula is C25H34N2O2. The molecule has 2 unspecified atom stereocenters. The van der Waals surface area contributed by atoms with Gasteiger partial charge in [-0.05, 0) is 73.3 Å². The monoisotopic (exact) mass is 394 g/mol. The van der Waals surface area contributed by atoms with E-state index in [4.69, 9.17) is 4.74 Å². The second-order valence-electron chi connectivity index (χ2n) is 8.27. The number of hydrogen-bond donors (Lipinski definition) is 2. The van der Waals surface area contributed by atoms with Gasteiger partial charge in [0.2, 0.25) is 0 Å². The highest BCUT2D eigenvalue weighted by Crippen LogP contribution is 2.27. The molecule has 156 valence electrons. The maximum absolute atomic E-state index is 12.6. The molecule has 3 rings (SSSR count). The fourth-order valence-electron chi connectivity index (χ4n) is 4.06. The lowest BCUT2D eigenvalue weighted by atomic mass is 9.89. The summed E-state index contributed by atoms with van der Waals surface area (Å²) >= 11 is 0. The van der Waals surface area contributed by atoms with E-state index in [1.807, 2.05) is 25.1 Å². The van der Waals surface area contributed by atoms with Crippen LogP contribution in [0.4, 0.5) is 4.79 Å². The largest absolute Gasteiger partial charge is 0.471 e. The minimum atomic E-state index is -0.420. The number of urea groups is 1. The van der Waals surface area contributed by atoms with E-state index in [2.05, 4.69) is 55.7 Å². The Morgan fingerprint density at radius 3 is 2.45 bits per heavy atom. The number of aryl methyl sites for hydroxylation is 2. The first-order valence-electron chi connectivity index (χ1n) is 10.9. The van der Waals surface area contributed by atoms with Crippen molar-refractivity contribution in [1.82, 2.24) is 10.6 Å². The van der Waals surface area contributed by atoms with Crippen LogP contribution in [0.3, 0.4) is 0 Å². The van der Waals surface area contributed by atoms with Crippen molar-refractivity contribution in [3.8, 4) is 5.75 Å². The Labute approximate surface area is 175 Å². The highest BCUT2D eigenvalue weighted by atomic mass is 16.5. The number of rotatable bonds is 7. The number of benzene rings is 2. The lowest BCUT2D eigenvalue weighted by Gasteiger charge is -2.24. The molecule has 0 radical (unpaired) electrons. The summed E-state index contributed by atoms with van der Waals surface area (Å²) in [5, 5.41) is 6.03. The number of nitrogens with one attached hydrogen (secondary N) is 2. The van der Waals surface area contributed by atoms with Gasteiger partial charge in [0, 0.05) is 0 Å². The minimum absolute atomic E-state index is 0.00243. The van der Waals surface area contributed by atoms with E-state index in [9.17, 15) is 4.79 Å². The van der Waals surface area contributed by atoms with Crippen LogP contribution in [0.2, 0.25) is 0 Å². The fraction of sp³-hybridized carbons (Fsp3) is 0.480. The molecule has 0 aromatic heterocycles. The molecule has 2 aromatic carbocycles. The normalized spacial score (nSPS) is 15.3. The van der Waals surface area contributed by atoms with Crippen LogP contribution in [-0.2, 0) is 12.8 Å². The summed E-state index contributed by atoms with van der Waals surface area (Å²) in [6, 6.07) is 14.5. The van der Waals surface area contributed by atoms with Crippen molar-refractivity contribution in [1.29, 1.82) is 0 Å². The Morgan fingerprint density at radius 1 is 1.00 bits per heavy atom. The molecule has 0 saturated carbocycles. The second-order valence-corrected chi connectivity index (χ2v) is 8.27. The van der Waals surface area contributed by atoms with Crippen LogP contribution in [0.1, 0.15) is 81.2 Å². The maximum atomic E-state index is 12.6. The average molecular weight is 395 g/mol. The third kappa shape index (κ3) is 5.53. The Kier molecular flexibility index (Phi) is 7.18. The van der Waals surface area contributed by atoms with Gasteiger partial charge >= 0.3 is 6.03 Å². The topological polar surface area (TPSA) is 50.4 Å². The van der Waals surface area contributed by atoms with Crippen LogP contribution in [-0.4, -0.2) is 12.3 Å². The van der Waals surface area contributed by atoms with E-state index in [1.54, 1.807) is 0 Å². The molecule has 0 saturated heterocycles. The third-order valence-corrected chi connectivity index (χ3v) is 5.67. The minimum Gasteiger partial charge on any atom is -0.471 e. The van der Waals surface area contributed by atoms with Crippen molar-refractivity contribution in [3.05, 3.63) is 64.7 Å². The molecule has 4 heteroatoms. The lowest BCUT2D eigenvalue weighted by molar-refractivity contribution is 0.173. The molecule has 29 heavy (non-hydrogen) atoms. The first-order chi connectivity index (χ1) is 14.0. The smallest absolute Gasteiger partial charge is 0.318 e. The van der Waals surface area contributed by atoms with Crippen molar-refractivity contribution in [3.63, 3.8) is 0 Å². The van der Waals surface area contributed by atoms with E-state index >= 15 is 0 Å². The molecule has 0 heterocycles. The summed E-state index contributed by atoms with van der Waals surface area (Å²) < 4.78 is 6.00. The molecule has 1 aliphatic rings. The number of carbonyl (C=O) groups excluding carboxylic acids is 1. The standard InChI is InChI=1S/C25H34N2O2/c1-5-23(21-15-14-19-10-6-7-11-20(19)16-21)27-25(28)26-18(4)29-24-13-9-8-12-22(24)17(2)3/h8-9,12-18,23H,5-7,10-11H2,1-4H3,(H2,26,27,28). The van der Waals surface area contributed by atoms with Crippen LogP contribution in [0, 0.1) is 0 Å². The molecule has 0 aliphatic heterocycles. The van der Waals surface area contributed by atoms with Crippen LogP contribution in [0.5, 0.6) is 5.75 Å². The molecule has 2 amide bonds. The summed E-state index contributed by atoms with van der Waals surface area (Å²) in [4.78, 5) is 12.6. The van der Waals surface area contributed by atoms with Crippen LogP contribution in [0.25, 0.3) is 0 Å². The van der Waals surface area contributed by atoms with Gasteiger partial charge in [-0.25, -0.2) is 4.79 Å². The third-order valence-electron chi connectivity index (χ3n) is 5.67. The molecule has 0 spiro atoms. The predicted octanol–water partition coefficient (Wildman–Crippen LogP) is 5.86. The summed E-state index contributed by atoms with van der Waals surface area (Å²) in [6.07, 6.45) is 5.28. The molecule has 1 aliphatic carbocycles. The Balaban J connectivity index is 1.60. The number of hydrogen-bond acceptors (Lipinski definition) is 2. The van der Waals surface area contributed by atoms with Gasteiger partial charge in [-0.2, -0.15) is 0 Å². The van der Waals surface area contributed by atoms with Crippen molar-refractivity contribution in [2.24, 2.45) is 0 Å². The summed E-state index contributed by atoms with van der Waals surface area (Å²) in [7, 11) is 0. The fourth-order valence-corrected chi connectivity index (χ4v) is 4.06. The van der Waals surface area contributed by atoms with E-state index < -0.39 is 6.23 Å². The van der Waals surface area contributed by atoms with Gasteiger partial charge in [-0.1, -0.05) is 57.2 Å². The molecule has 2 N–H and O–H groups in total. The zero-order valence-electron chi connectivity index (χ0n) is 18.1. The molecule has 2 atom stereocenters. The SMILES string of the molecule is CCC(NC(=O)NC(C)Oc1ccccc1C(C)C)c1ccc2c(c1)CCCC2. The summed E-state index contributed by atoms with van der Waals surface area (Å²) in [5.41, 5.74) is 5.23. The zero-order valence-corrected chi connectivity index (χ0v) is 18.1. The molecular weight excluding hydrogens is 360 g/mol. The van der Waals surface area contributed by atoms with Gasteiger partial charge in [-0.15, -0.1) is 0 Å². The molecule has 0 fully saturated rings. The number of carbonyl (C=O) groups is 1. The quantitative estimate of drug-likeness (QED) is 0.578. The number of fused-ring (bicyclic) bond motifs is 1. The Morgan fingerprint density at radius 2 is 1.72 bits per heavy atom. The molecule has 4 nitrogen and oxygen atoms in total. The Bertz CT molecular complexity index is 831. The number of amides is 2. The van der Waals surface area contributed by atoms with Gasteiger partial charge in [0.25, 0.3) is 0 Å². The maximum Gasteiger partial charge on any atom is 0.318 e. The summed E-state index contributed by atoms with van der Waals surface area (Å²) in [5.74, 6) is 1.18. The first-order valence-corrected chi connectivity index (χ1v) is 10.9. The van der Waals surface area contributed by atoms with Crippen molar-refractivity contribution >= 4 is 6.03 Å². The van der Waals surface area contributed by atoms with E-state index in [0.29, 0.717) is 5.92 Å². The van der Waals surface area contributed by atoms with Crippen LogP contribution in [0.15, 0.2) is 42.5 Å². The van der Waals surface area contributed by atoms with Crippen molar-refractivity contribution < 1.29 is 9.53 Å².